The molecule has 2 nitrogen and oxygen atoms in total. The number of methoxy groups -OCH3 is 1. The molecule has 0 aliphatic heterocycles. The largest absolute Gasteiger partial charge is 0.496 e. The monoisotopic (exact) mass is 277 g/mol. The van der Waals surface area contributed by atoms with Gasteiger partial charge in [-0.2, -0.15) is 0 Å². The zero-order valence-electron chi connectivity index (χ0n) is 13.7. The second-order valence-electron chi connectivity index (χ2n) is 5.54. The van der Waals surface area contributed by atoms with E-state index in [4.69, 9.17) is 4.74 Å². The molecular weight excluding hydrogens is 246 g/mol. The molecular formula is C18H31NO. The quantitative estimate of drug-likeness (QED) is 0.607. The lowest BCUT2D eigenvalue weighted by molar-refractivity contribution is 0.410. The Morgan fingerprint density at radius 1 is 1.10 bits per heavy atom. The molecule has 1 N–H and O–H groups in total. The van der Waals surface area contributed by atoms with Crippen molar-refractivity contribution in [3.8, 4) is 5.75 Å². The molecule has 1 aromatic carbocycles. The standard InChI is InChI=1S/C18H31NO/c1-5-7-8-9-10-11-17(19-6-2)16-12-13-18(20-4)15(3)14-16/h12-14,17,19H,5-11H2,1-4H3. The second-order valence-corrected chi connectivity index (χ2v) is 5.54. The first-order valence-electron chi connectivity index (χ1n) is 8.10. The Morgan fingerprint density at radius 2 is 1.85 bits per heavy atom. The molecule has 0 amide bonds. The van der Waals surface area contributed by atoms with Crippen molar-refractivity contribution in [2.75, 3.05) is 13.7 Å². The molecule has 1 rings (SSSR count). The topological polar surface area (TPSA) is 21.3 Å². The predicted molar refractivity (Wildman–Crippen MR) is 87.5 cm³/mol. The SMILES string of the molecule is CCCCCCCC(NCC)c1ccc(OC)c(C)c1. The summed E-state index contributed by atoms with van der Waals surface area (Å²) in [7, 11) is 1.73. The van der Waals surface area contributed by atoms with Gasteiger partial charge in [0.05, 0.1) is 7.11 Å². The summed E-state index contributed by atoms with van der Waals surface area (Å²) in [6.45, 7) is 7.58. The molecule has 114 valence electrons. The minimum atomic E-state index is 0.478. The highest BCUT2D eigenvalue weighted by Crippen LogP contribution is 2.25. The molecule has 2 heteroatoms. The minimum absolute atomic E-state index is 0.478. The third-order valence-electron chi connectivity index (χ3n) is 3.87. The Labute approximate surface area is 124 Å². The van der Waals surface area contributed by atoms with Crippen molar-refractivity contribution < 1.29 is 4.74 Å². The summed E-state index contributed by atoms with van der Waals surface area (Å²) in [5.74, 6) is 0.979. The van der Waals surface area contributed by atoms with E-state index in [1.807, 2.05) is 0 Å². The van der Waals surface area contributed by atoms with Gasteiger partial charge in [-0.05, 0) is 37.1 Å². The van der Waals surface area contributed by atoms with E-state index in [-0.39, 0.29) is 0 Å². The van der Waals surface area contributed by atoms with E-state index in [1.165, 1.54) is 49.7 Å². The Balaban J connectivity index is 2.58. The third-order valence-corrected chi connectivity index (χ3v) is 3.87. The van der Waals surface area contributed by atoms with E-state index >= 15 is 0 Å². The van der Waals surface area contributed by atoms with Crippen molar-refractivity contribution in [3.05, 3.63) is 29.3 Å². The van der Waals surface area contributed by atoms with Gasteiger partial charge in [-0.25, -0.2) is 0 Å². The Morgan fingerprint density at radius 3 is 2.45 bits per heavy atom. The Bertz CT molecular complexity index is 376. The molecule has 0 bridgehead atoms. The van der Waals surface area contributed by atoms with Gasteiger partial charge in [-0.3, -0.25) is 0 Å². The molecule has 0 aromatic heterocycles. The fourth-order valence-corrected chi connectivity index (χ4v) is 2.70. The van der Waals surface area contributed by atoms with Gasteiger partial charge in [0.2, 0.25) is 0 Å². The molecule has 0 spiro atoms. The maximum Gasteiger partial charge on any atom is 0.121 e. The van der Waals surface area contributed by atoms with E-state index < -0.39 is 0 Å². The molecule has 0 radical (unpaired) electrons. The van der Waals surface area contributed by atoms with Crippen molar-refractivity contribution >= 4 is 0 Å². The second kappa shape index (κ2) is 9.82. The van der Waals surface area contributed by atoms with Crippen LogP contribution in [0.4, 0.5) is 0 Å². The molecule has 1 aromatic rings. The maximum atomic E-state index is 5.34. The normalized spacial score (nSPS) is 12.4. The highest BCUT2D eigenvalue weighted by molar-refractivity contribution is 5.37. The lowest BCUT2D eigenvalue weighted by atomic mass is 9.98. The van der Waals surface area contributed by atoms with Gasteiger partial charge in [-0.15, -0.1) is 0 Å². The number of unbranched alkanes of at least 4 members (excludes halogenated alkanes) is 4. The van der Waals surface area contributed by atoms with Crippen LogP contribution in [0.3, 0.4) is 0 Å². The summed E-state index contributed by atoms with van der Waals surface area (Å²) < 4.78 is 5.34. The fraction of sp³-hybridized carbons (Fsp3) is 0.667. The van der Waals surface area contributed by atoms with Crippen molar-refractivity contribution in [1.82, 2.24) is 5.32 Å². The van der Waals surface area contributed by atoms with Gasteiger partial charge in [0.1, 0.15) is 5.75 Å². The molecule has 0 aliphatic carbocycles. The molecule has 0 aliphatic rings. The maximum absolute atomic E-state index is 5.34. The number of ether oxygens (including phenoxy) is 1. The van der Waals surface area contributed by atoms with Crippen molar-refractivity contribution in [3.63, 3.8) is 0 Å². The predicted octanol–water partition coefficient (Wildman–Crippen LogP) is 5.01. The van der Waals surface area contributed by atoms with Gasteiger partial charge < -0.3 is 10.1 Å². The van der Waals surface area contributed by atoms with E-state index in [2.05, 4.69) is 44.3 Å². The minimum Gasteiger partial charge on any atom is -0.496 e. The average Bonchev–Trinajstić information content (AvgIpc) is 2.46. The van der Waals surface area contributed by atoms with Crippen LogP contribution in [0.15, 0.2) is 18.2 Å². The van der Waals surface area contributed by atoms with Crippen LogP contribution in [0.2, 0.25) is 0 Å². The van der Waals surface area contributed by atoms with Crippen LogP contribution < -0.4 is 10.1 Å². The van der Waals surface area contributed by atoms with Crippen LogP contribution in [0.5, 0.6) is 5.75 Å². The first kappa shape index (κ1) is 17.0. The van der Waals surface area contributed by atoms with Crippen molar-refractivity contribution in [1.29, 1.82) is 0 Å². The summed E-state index contributed by atoms with van der Waals surface area (Å²) in [6, 6.07) is 7.03. The molecule has 0 saturated heterocycles. The molecule has 20 heavy (non-hydrogen) atoms. The molecule has 1 unspecified atom stereocenters. The van der Waals surface area contributed by atoms with Crippen LogP contribution in [-0.4, -0.2) is 13.7 Å². The highest BCUT2D eigenvalue weighted by atomic mass is 16.5. The molecule has 0 saturated carbocycles. The first-order chi connectivity index (χ1) is 9.72. The Hall–Kier alpha value is -1.02. The van der Waals surface area contributed by atoms with Gasteiger partial charge in [0, 0.05) is 6.04 Å². The molecule has 0 heterocycles. The number of hydrogen-bond acceptors (Lipinski definition) is 2. The summed E-state index contributed by atoms with van der Waals surface area (Å²) in [6.07, 6.45) is 7.94. The highest BCUT2D eigenvalue weighted by Gasteiger charge is 2.11. The summed E-state index contributed by atoms with van der Waals surface area (Å²) in [5, 5.41) is 3.61. The zero-order chi connectivity index (χ0) is 14.8. The Kier molecular flexibility index (Phi) is 8.36. The van der Waals surface area contributed by atoms with E-state index in [1.54, 1.807) is 7.11 Å². The van der Waals surface area contributed by atoms with Crippen LogP contribution in [-0.2, 0) is 0 Å². The number of hydrogen-bond donors (Lipinski definition) is 1. The number of nitrogens with one attached hydrogen (secondary N) is 1. The summed E-state index contributed by atoms with van der Waals surface area (Å²) in [5.41, 5.74) is 2.61. The van der Waals surface area contributed by atoms with Crippen molar-refractivity contribution in [2.24, 2.45) is 0 Å². The van der Waals surface area contributed by atoms with E-state index in [9.17, 15) is 0 Å². The van der Waals surface area contributed by atoms with Gasteiger partial charge in [0.15, 0.2) is 0 Å². The fourth-order valence-electron chi connectivity index (χ4n) is 2.70. The number of aryl methyl sites for hydroxylation is 1. The smallest absolute Gasteiger partial charge is 0.121 e. The summed E-state index contributed by atoms with van der Waals surface area (Å²) >= 11 is 0. The van der Waals surface area contributed by atoms with E-state index in [0.717, 1.165) is 12.3 Å². The first-order valence-corrected chi connectivity index (χ1v) is 8.10. The van der Waals surface area contributed by atoms with Gasteiger partial charge >= 0.3 is 0 Å². The lowest BCUT2D eigenvalue weighted by Gasteiger charge is -2.19. The third kappa shape index (κ3) is 5.54. The van der Waals surface area contributed by atoms with Crippen LogP contribution >= 0.6 is 0 Å². The van der Waals surface area contributed by atoms with Gasteiger partial charge in [0.25, 0.3) is 0 Å². The van der Waals surface area contributed by atoms with Crippen LogP contribution in [0.1, 0.15) is 69.5 Å². The average molecular weight is 277 g/mol. The van der Waals surface area contributed by atoms with Crippen molar-refractivity contribution in [2.45, 2.75) is 65.3 Å². The zero-order valence-corrected chi connectivity index (χ0v) is 13.7. The van der Waals surface area contributed by atoms with Crippen LogP contribution in [0, 0.1) is 6.92 Å². The van der Waals surface area contributed by atoms with Gasteiger partial charge in [-0.1, -0.05) is 58.1 Å². The van der Waals surface area contributed by atoms with E-state index in [0.29, 0.717) is 6.04 Å². The lowest BCUT2D eigenvalue weighted by Crippen LogP contribution is -2.21. The molecule has 1 atom stereocenters. The number of benzene rings is 1. The molecule has 0 fully saturated rings. The van der Waals surface area contributed by atoms with Crippen LogP contribution in [0.25, 0.3) is 0 Å². The summed E-state index contributed by atoms with van der Waals surface area (Å²) in [4.78, 5) is 0. The number of rotatable bonds is 10.